The van der Waals surface area contributed by atoms with Crippen LogP contribution in [0.1, 0.15) is 16.8 Å². The van der Waals surface area contributed by atoms with E-state index >= 15 is 0 Å². The Balaban J connectivity index is 1.54. The highest BCUT2D eigenvalue weighted by Gasteiger charge is 2.10. The average Bonchev–Trinajstić information content (AvgIpc) is 3.21. The first-order chi connectivity index (χ1) is 15.5. The van der Waals surface area contributed by atoms with Gasteiger partial charge in [0.1, 0.15) is 24.2 Å². The minimum Gasteiger partial charge on any atom is -0.495 e. The van der Waals surface area contributed by atoms with E-state index in [-0.39, 0.29) is 12.1 Å². The molecule has 0 aliphatic carbocycles. The van der Waals surface area contributed by atoms with Gasteiger partial charge in [-0.25, -0.2) is 4.98 Å². The highest BCUT2D eigenvalue weighted by molar-refractivity contribution is 6.32. The zero-order valence-electron chi connectivity index (χ0n) is 17.5. The molecule has 4 aromatic rings. The third-order valence-corrected chi connectivity index (χ3v) is 5.37. The lowest BCUT2D eigenvalue weighted by Gasteiger charge is -2.12. The first-order valence-corrected chi connectivity index (χ1v) is 10.1. The second-order valence-electron chi connectivity index (χ2n) is 7.16. The fraction of sp³-hybridized carbons (Fsp3) is 0.174. The number of aryl methyl sites for hydroxylation is 1. The molecule has 0 spiro atoms. The van der Waals surface area contributed by atoms with Crippen LogP contribution in [0.15, 0.2) is 53.7 Å². The topological polar surface area (TPSA) is 105 Å². The molecule has 2 heterocycles. The fourth-order valence-corrected chi connectivity index (χ4v) is 3.49. The van der Waals surface area contributed by atoms with Crippen LogP contribution in [-0.2, 0) is 20.2 Å². The zero-order chi connectivity index (χ0) is 22.7. The summed E-state index contributed by atoms with van der Waals surface area (Å²) >= 11 is 6.41. The van der Waals surface area contributed by atoms with Gasteiger partial charge in [0.2, 0.25) is 0 Å². The minimum absolute atomic E-state index is 0.217. The third-order valence-electron chi connectivity index (χ3n) is 5.07. The first kappa shape index (κ1) is 21.3. The van der Waals surface area contributed by atoms with Crippen LogP contribution in [0.4, 0.5) is 5.69 Å². The van der Waals surface area contributed by atoms with Gasteiger partial charge >= 0.3 is 0 Å². The molecule has 2 N–H and O–H groups in total. The van der Waals surface area contributed by atoms with Crippen molar-refractivity contribution in [1.29, 1.82) is 5.26 Å². The van der Waals surface area contributed by atoms with Gasteiger partial charge in [-0.2, -0.15) is 5.26 Å². The van der Waals surface area contributed by atoms with E-state index in [0.717, 1.165) is 16.8 Å². The molecule has 0 atom stereocenters. The van der Waals surface area contributed by atoms with Gasteiger partial charge in [0.15, 0.2) is 0 Å². The fourth-order valence-electron chi connectivity index (χ4n) is 3.26. The van der Waals surface area contributed by atoms with Gasteiger partial charge in [-0.3, -0.25) is 4.79 Å². The van der Waals surface area contributed by atoms with Crippen LogP contribution >= 0.6 is 11.6 Å². The average molecular weight is 450 g/mol. The summed E-state index contributed by atoms with van der Waals surface area (Å²) in [6.07, 6.45) is 3.42. The molecule has 9 heteroatoms. The Morgan fingerprint density at radius 1 is 1.25 bits per heavy atom. The number of methoxy groups -OCH3 is 1. The molecule has 0 saturated heterocycles. The van der Waals surface area contributed by atoms with Crippen LogP contribution in [0, 0.1) is 11.3 Å². The number of nitrogens with zero attached hydrogens (tertiary/aromatic N) is 3. The summed E-state index contributed by atoms with van der Waals surface area (Å²) in [5, 5.41) is 13.5. The summed E-state index contributed by atoms with van der Waals surface area (Å²) in [6, 6.07) is 12.5. The molecule has 2 aromatic heterocycles. The number of rotatable bonds is 7. The summed E-state index contributed by atoms with van der Waals surface area (Å²) in [5.41, 5.74) is 3.03. The van der Waals surface area contributed by atoms with Crippen molar-refractivity contribution in [1.82, 2.24) is 14.5 Å². The Labute approximate surface area is 189 Å². The normalized spacial score (nSPS) is 10.7. The Morgan fingerprint density at radius 2 is 2.09 bits per heavy atom. The molecule has 4 rings (SSSR count). The number of aromatic nitrogens is 3. The maximum absolute atomic E-state index is 12.6. The zero-order valence-corrected chi connectivity index (χ0v) is 18.2. The quantitative estimate of drug-likeness (QED) is 0.442. The summed E-state index contributed by atoms with van der Waals surface area (Å²) in [6.45, 7) is 0.596. The lowest BCUT2D eigenvalue weighted by molar-refractivity contribution is 0.297. The van der Waals surface area contributed by atoms with Crippen molar-refractivity contribution in [3.05, 3.63) is 81.1 Å². The lowest BCUT2D eigenvalue weighted by Crippen LogP contribution is -2.15. The number of hydrogen-bond donors (Lipinski definition) is 2. The van der Waals surface area contributed by atoms with Crippen LogP contribution in [0.25, 0.3) is 10.9 Å². The molecule has 0 fully saturated rings. The van der Waals surface area contributed by atoms with E-state index in [9.17, 15) is 4.79 Å². The van der Waals surface area contributed by atoms with Crippen molar-refractivity contribution in [3.63, 3.8) is 0 Å². The lowest BCUT2D eigenvalue weighted by atomic mass is 10.1. The SMILES string of the molecule is COc1cc(NCc2cc3cc(Cl)c(OCc4cncn4C)cc3[nH]c2=O)ccc1C#N. The Morgan fingerprint density at radius 3 is 2.81 bits per heavy atom. The van der Waals surface area contributed by atoms with Crippen molar-refractivity contribution in [2.24, 2.45) is 7.05 Å². The van der Waals surface area contributed by atoms with Crippen molar-refractivity contribution >= 4 is 28.2 Å². The van der Waals surface area contributed by atoms with Crippen molar-refractivity contribution in [3.8, 4) is 17.6 Å². The van der Waals surface area contributed by atoms with Gasteiger partial charge in [0.05, 0.1) is 41.4 Å². The number of anilines is 1. The van der Waals surface area contributed by atoms with Crippen molar-refractivity contribution in [2.75, 3.05) is 12.4 Å². The number of hydrogen-bond acceptors (Lipinski definition) is 6. The Kier molecular flexibility index (Phi) is 6.01. The summed E-state index contributed by atoms with van der Waals surface area (Å²) in [5.74, 6) is 0.946. The maximum atomic E-state index is 12.6. The molecule has 0 aliphatic rings. The van der Waals surface area contributed by atoms with Gasteiger partial charge in [-0.05, 0) is 24.3 Å². The van der Waals surface area contributed by atoms with Crippen LogP contribution in [0.3, 0.4) is 0 Å². The number of halogens is 1. The number of nitrogens with one attached hydrogen (secondary N) is 2. The van der Waals surface area contributed by atoms with E-state index in [1.54, 1.807) is 48.9 Å². The number of fused-ring (bicyclic) bond motifs is 1. The Hall–Kier alpha value is -3.96. The molecule has 0 radical (unpaired) electrons. The van der Waals surface area contributed by atoms with Gasteiger partial charge < -0.3 is 24.3 Å². The van der Waals surface area contributed by atoms with Crippen LogP contribution in [-0.4, -0.2) is 21.6 Å². The Bertz CT molecular complexity index is 1390. The van der Waals surface area contributed by atoms with Gasteiger partial charge in [0, 0.05) is 42.4 Å². The number of imidazole rings is 1. The standard InChI is InChI=1S/C23H20ClN5O3/c1-29-13-26-11-18(29)12-32-22-8-20-15(6-19(22)24)5-16(23(30)28-20)10-27-17-4-3-14(9-25)21(7-17)31-2/h3-8,11,13,27H,10,12H2,1-2H3,(H,28,30). The first-order valence-electron chi connectivity index (χ1n) is 9.74. The van der Waals surface area contributed by atoms with E-state index in [2.05, 4.69) is 21.4 Å². The molecule has 2 aromatic carbocycles. The largest absolute Gasteiger partial charge is 0.495 e. The van der Waals surface area contributed by atoms with Crippen LogP contribution < -0.4 is 20.3 Å². The minimum atomic E-state index is -0.217. The smallest absolute Gasteiger partial charge is 0.253 e. The van der Waals surface area contributed by atoms with E-state index in [0.29, 0.717) is 39.8 Å². The summed E-state index contributed by atoms with van der Waals surface area (Å²) in [7, 11) is 3.39. The monoisotopic (exact) mass is 449 g/mol. The molecule has 0 unspecified atom stereocenters. The molecule has 0 bridgehead atoms. The molecular formula is C23H20ClN5O3. The van der Waals surface area contributed by atoms with Gasteiger partial charge in [0.25, 0.3) is 5.56 Å². The summed E-state index contributed by atoms with van der Waals surface area (Å²) < 4.78 is 12.9. The molecular weight excluding hydrogens is 430 g/mol. The molecule has 8 nitrogen and oxygen atoms in total. The third kappa shape index (κ3) is 4.38. The summed E-state index contributed by atoms with van der Waals surface area (Å²) in [4.78, 5) is 19.6. The van der Waals surface area contributed by atoms with Crippen molar-refractivity contribution < 1.29 is 9.47 Å². The highest BCUT2D eigenvalue weighted by atomic mass is 35.5. The van der Waals surface area contributed by atoms with E-state index < -0.39 is 0 Å². The predicted molar refractivity (Wildman–Crippen MR) is 122 cm³/mol. The van der Waals surface area contributed by atoms with Crippen LogP contribution in [0.2, 0.25) is 5.02 Å². The van der Waals surface area contributed by atoms with Crippen LogP contribution in [0.5, 0.6) is 11.5 Å². The molecule has 0 aliphatic heterocycles. The number of nitriles is 1. The molecule has 32 heavy (non-hydrogen) atoms. The van der Waals surface area contributed by atoms with E-state index in [1.807, 2.05) is 11.6 Å². The molecule has 0 amide bonds. The van der Waals surface area contributed by atoms with Gasteiger partial charge in [-0.1, -0.05) is 11.6 Å². The van der Waals surface area contributed by atoms with E-state index in [4.69, 9.17) is 26.3 Å². The van der Waals surface area contributed by atoms with Gasteiger partial charge in [-0.15, -0.1) is 0 Å². The van der Waals surface area contributed by atoms with Crippen molar-refractivity contribution in [2.45, 2.75) is 13.2 Å². The predicted octanol–water partition coefficient (Wildman–Crippen LogP) is 3.99. The highest BCUT2D eigenvalue weighted by Crippen LogP contribution is 2.30. The number of benzene rings is 2. The number of aromatic amines is 1. The number of H-pyrrole nitrogens is 1. The second kappa shape index (κ2) is 9.04. The second-order valence-corrected chi connectivity index (χ2v) is 7.57. The molecule has 0 saturated carbocycles. The molecule has 162 valence electrons. The maximum Gasteiger partial charge on any atom is 0.253 e. The number of ether oxygens (including phenoxy) is 2. The number of pyridine rings is 1. The van der Waals surface area contributed by atoms with E-state index in [1.165, 1.54) is 7.11 Å².